The third kappa shape index (κ3) is 7.47. The average Bonchev–Trinajstić information content (AvgIpc) is 2.14. The quantitative estimate of drug-likeness (QED) is 0.358. The van der Waals surface area contributed by atoms with Crippen LogP contribution in [0.15, 0.2) is 23.3 Å². The zero-order chi connectivity index (χ0) is 10.1. The topological polar surface area (TPSA) is 26.3 Å². The van der Waals surface area contributed by atoms with Crippen molar-refractivity contribution in [2.75, 3.05) is 13.7 Å². The van der Waals surface area contributed by atoms with Gasteiger partial charge >= 0.3 is 0 Å². The fraction of sp³-hybridized carbons (Fsp3) is 0.545. The van der Waals surface area contributed by atoms with Crippen LogP contribution < -0.4 is 0 Å². The van der Waals surface area contributed by atoms with E-state index in [0.717, 1.165) is 24.7 Å². The number of carbonyl (C=O) groups excluding carboxylic acids is 1. The Morgan fingerprint density at radius 2 is 2.00 bits per heavy atom. The highest BCUT2D eigenvalue weighted by Crippen LogP contribution is 2.05. The molecule has 13 heavy (non-hydrogen) atoms. The van der Waals surface area contributed by atoms with Crippen LogP contribution in [0, 0.1) is 0 Å². The Bertz CT molecular complexity index is 202. The molecule has 74 valence electrons. The summed E-state index contributed by atoms with van der Waals surface area (Å²) in [6.07, 6.45) is 6.82. The lowest BCUT2D eigenvalue weighted by Crippen LogP contribution is -1.85. The Labute approximate surface area is 80.3 Å². The SMILES string of the molecule is COC/C=C(\C)CC/C=C(\C)C=O. The van der Waals surface area contributed by atoms with E-state index in [4.69, 9.17) is 4.74 Å². The van der Waals surface area contributed by atoms with E-state index < -0.39 is 0 Å². The molecule has 0 aliphatic rings. The first-order valence-electron chi connectivity index (χ1n) is 4.47. The second kappa shape index (κ2) is 7.74. The molecule has 0 unspecified atom stereocenters. The molecule has 0 amide bonds. The van der Waals surface area contributed by atoms with E-state index in [-0.39, 0.29) is 0 Å². The van der Waals surface area contributed by atoms with Crippen LogP contribution in [-0.2, 0) is 9.53 Å². The van der Waals surface area contributed by atoms with Crippen LogP contribution in [0.3, 0.4) is 0 Å². The standard InChI is InChI=1S/C11H18O2/c1-10(7-8-13-3)5-4-6-11(2)9-12/h6-7,9H,4-5,8H2,1-3H3/b10-7+,11-6+. The van der Waals surface area contributed by atoms with Crippen LogP contribution in [0.1, 0.15) is 26.7 Å². The third-order valence-corrected chi connectivity index (χ3v) is 1.79. The summed E-state index contributed by atoms with van der Waals surface area (Å²) in [7, 11) is 1.68. The molecule has 0 atom stereocenters. The highest BCUT2D eigenvalue weighted by molar-refractivity contribution is 5.71. The molecule has 2 nitrogen and oxygen atoms in total. The van der Waals surface area contributed by atoms with Crippen molar-refractivity contribution in [1.29, 1.82) is 0 Å². The predicted octanol–water partition coefficient (Wildman–Crippen LogP) is 2.50. The van der Waals surface area contributed by atoms with Gasteiger partial charge in [0.15, 0.2) is 0 Å². The first-order chi connectivity index (χ1) is 6.20. The van der Waals surface area contributed by atoms with Crippen molar-refractivity contribution in [3.63, 3.8) is 0 Å². The maximum atomic E-state index is 10.2. The number of methoxy groups -OCH3 is 1. The van der Waals surface area contributed by atoms with Gasteiger partial charge in [-0.3, -0.25) is 4.79 Å². The van der Waals surface area contributed by atoms with Gasteiger partial charge in [-0.15, -0.1) is 0 Å². The van der Waals surface area contributed by atoms with Crippen LogP contribution in [0.2, 0.25) is 0 Å². The highest BCUT2D eigenvalue weighted by Gasteiger charge is 1.89. The molecule has 0 aromatic carbocycles. The summed E-state index contributed by atoms with van der Waals surface area (Å²) in [6, 6.07) is 0. The van der Waals surface area contributed by atoms with E-state index in [1.54, 1.807) is 7.11 Å². The van der Waals surface area contributed by atoms with Crippen LogP contribution in [0.5, 0.6) is 0 Å². The number of allylic oxidation sites excluding steroid dienone is 3. The number of ether oxygens (including phenoxy) is 1. The van der Waals surface area contributed by atoms with Crippen molar-refractivity contribution in [2.45, 2.75) is 26.7 Å². The Morgan fingerprint density at radius 1 is 1.31 bits per heavy atom. The van der Waals surface area contributed by atoms with Gasteiger partial charge in [-0.25, -0.2) is 0 Å². The smallest absolute Gasteiger partial charge is 0.145 e. The number of rotatable bonds is 6. The molecule has 0 aliphatic carbocycles. The molecular weight excluding hydrogens is 164 g/mol. The van der Waals surface area contributed by atoms with Crippen molar-refractivity contribution >= 4 is 6.29 Å². The van der Waals surface area contributed by atoms with Crippen molar-refractivity contribution in [3.8, 4) is 0 Å². The lowest BCUT2D eigenvalue weighted by molar-refractivity contribution is -0.104. The van der Waals surface area contributed by atoms with Gasteiger partial charge in [-0.1, -0.05) is 17.7 Å². The molecule has 0 aromatic rings. The van der Waals surface area contributed by atoms with Crippen molar-refractivity contribution in [1.82, 2.24) is 0 Å². The van der Waals surface area contributed by atoms with Crippen LogP contribution in [-0.4, -0.2) is 20.0 Å². The zero-order valence-corrected chi connectivity index (χ0v) is 8.67. The largest absolute Gasteiger partial charge is 0.381 e. The van der Waals surface area contributed by atoms with Gasteiger partial charge in [0, 0.05) is 7.11 Å². The van der Waals surface area contributed by atoms with Crippen LogP contribution in [0.25, 0.3) is 0 Å². The van der Waals surface area contributed by atoms with Gasteiger partial charge < -0.3 is 4.74 Å². The fourth-order valence-electron chi connectivity index (χ4n) is 0.903. The second-order valence-electron chi connectivity index (χ2n) is 3.11. The first kappa shape index (κ1) is 12.1. The monoisotopic (exact) mass is 182 g/mol. The molecular formula is C11H18O2. The summed E-state index contributed by atoms with van der Waals surface area (Å²) in [5.41, 5.74) is 2.11. The average molecular weight is 182 g/mol. The summed E-state index contributed by atoms with van der Waals surface area (Å²) in [4.78, 5) is 10.2. The summed E-state index contributed by atoms with van der Waals surface area (Å²) in [5, 5.41) is 0. The maximum absolute atomic E-state index is 10.2. The Kier molecular flexibility index (Phi) is 7.21. The Morgan fingerprint density at radius 3 is 2.54 bits per heavy atom. The second-order valence-corrected chi connectivity index (χ2v) is 3.11. The zero-order valence-electron chi connectivity index (χ0n) is 8.67. The molecule has 0 aliphatic heterocycles. The van der Waals surface area contributed by atoms with Crippen LogP contribution >= 0.6 is 0 Å². The molecule has 0 saturated heterocycles. The first-order valence-corrected chi connectivity index (χ1v) is 4.47. The lowest BCUT2D eigenvalue weighted by atomic mass is 10.1. The van der Waals surface area contributed by atoms with Gasteiger partial charge in [-0.2, -0.15) is 0 Å². The minimum atomic E-state index is 0.669. The van der Waals surface area contributed by atoms with Crippen LogP contribution in [0.4, 0.5) is 0 Å². The summed E-state index contributed by atoms with van der Waals surface area (Å²) >= 11 is 0. The summed E-state index contributed by atoms with van der Waals surface area (Å²) in [6.45, 7) is 4.56. The van der Waals surface area contributed by atoms with Gasteiger partial charge in [-0.05, 0) is 32.3 Å². The van der Waals surface area contributed by atoms with E-state index in [0.29, 0.717) is 6.61 Å². The number of hydrogen-bond acceptors (Lipinski definition) is 2. The molecule has 0 aromatic heterocycles. The molecule has 0 fully saturated rings. The van der Waals surface area contributed by atoms with E-state index >= 15 is 0 Å². The van der Waals surface area contributed by atoms with E-state index in [9.17, 15) is 4.79 Å². The third-order valence-electron chi connectivity index (χ3n) is 1.79. The highest BCUT2D eigenvalue weighted by atomic mass is 16.5. The van der Waals surface area contributed by atoms with Gasteiger partial charge in [0.25, 0.3) is 0 Å². The maximum Gasteiger partial charge on any atom is 0.145 e. The molecule has 2 heteroatoms. The van der Waals surface area contributed by atoms with E-state index in [1.165, 1.54) is 5.57 Å². The minimum Gasteiger partial charge on any atom is -0.381 e. The van der Waals surface area contributed by atoms with Gasteiger partial charge in [0.05, 0.1) is 6.61 Å². The van der Waals surface area contributed by atoms with Crippen molar-refractivity contribution in [2.24, 2.45) is 0 Å². The van der Waals surface area contributed by atoms with Gasteiger partial charge in [0.2, 0.25) is 0 Å². The van der Waals surface area contributed by atoms with Crippen molar-refractivity contribution in [3.05, 3.63) is 23.3 Å². The molecule has 0 spiro atoms. The molecule has 0 heterocycles. The summed E-state index contributed by atoms with van der Waals surface area (Å²) < 4.78 is 4.91. The predicted molar refractivity (Wildman–Crippen MR) is 54.7 cm³/mol. The van der Waals surface area contributed by atoms with Gasteiger partial charge in [0.1, 0.15) is 6.29 Å². The normalized spacial score (nSPS) is 13.2. The fourth-order valence-corrected chi connectivity index (χ4v) is 0.903. The summed E-state index contributed by atoms with van der Waals surface area (Å²) in [5.74, 6) is 0. The lowest BCUT2D eigenvalue weighted by Gasteiger charge is -1.97. The number of aldehydes is 1. The molecule has 0 saturated carbocycles. The minimum absolute atomic E-state index is 0.669. The van der Waals surface area contributed by atoms with E-state index in [2.05, 4.69) is 13.0 Å². The number of hydrogen-bond donors (Lipinski definition) is 0. The molecule has 0 N–H and O–H groups in total. The molecule has 0 rings (SSSR count). The Balaban J connectivity index is 3.69. The van der Waals surface area contributed by atoms with Crippen molar-refractivity contribution < 1.29 is 9.53 Å². The van der Waals surface area contributed by atoms with E-state index in [1.807, 2.05) is 13.0 Å². The Hall–Kier alpha value is -0.890. The molecule has 0 radical (unpaired) electrons. The number of carbonyl (C=O) groups is 1. The molecule has 0 bridgehead atoms.